The lowest BCUT2D eigenvalue weighted by Gasteiger charge is -2.31. The van der Waals surface area contributed by atoms with Crippen LogP contribution in [0.5, 0.6) is 0 Å². The second-order valence-electron chi connectivity index (χ2n) is 9.44. The number of hydrogen-bond donors (Lipinski definition) is 1. The largest absolute Gasteiger partial charge is 0.365 e. The number of carbonyl (C=O) groups is 2. The summed E-state index contributed by atoms with van der Waals surface area (Å²) in [6.07, 6.45) is 4.09. The quantitative estimate of drug-likeness (QED) is 0.749. The third-order valence-corrected chi connectivity index (χ3v) is 6.56. The number of imidazole rings is 1. The molecule has 0 saturated carbocycles. The Bertz CT molecular complexity index is 943. The van der Waals surface area contributed by atoms with Crippen LogP contribution in [0.25, 0.3) is 0 Å². The van der Waals surface area contributed by atoms with Gasteiger partial charge in [-0.2, -0.15) is 0 Å². The number of nitrogens with zero attached hydrogens (tertiary/aromatic N) is 3. The number of hydrogen-bond acceptors (Lipinski definition) is 4. The van der Waals surface area contributed by atoms with E-state index in [1.165, 1.54) is 5.56 Å². The molecule has 2 aliphatic heterocycles. The van der Waals surface area contributed by atoms with Crippen LogP contribution in [-0.4, -0.2) is 45.9 Å². The number of aromatic nitrogens is 2. The third kappa shape index (κ3) is 5.04. The zero-order valence-corrected chi connectivity index (χ0v) is 19.3. The Hall–Kier alpha value is -2.67. The molecule has 4 rings (SSSR count). The topological polar surface area (TPSA) is 76.5 Å². The fourth-order valence-electron chi connectivity index (χ4n) is 4.41. The minimum atomic E-state index is -0.0604. The van der Waals surface area contributed by atoms with Crippen molar-refractivity contribution < 1.29 is 14.3 Å². The van der Waals surface area contributed by atoms with Crippen LogP contribution in [0.1, 0.15) is 66.5 Å². The van der Waals surface area contributed by atoms with Crippen LogP contribution in [-0.2, 0) is 22.7 Å². The van der Waals surface area contributed by atoms with Gasteiger partial charge in [0.1, 0.15) is 6.10 Å². The highest BCUT2D eigenvalue weighted by Crippen LogP contribution is 2.29. The first-order chi connectivity index (χ1) is 15.4. The highest BCUT2D eigenvalue weighted by atomic mass is 16.5. The molecule has 0 spiro atoms. The summed E-state index contributed by atoms with van der Waals surface area (Å²) in [4.78, 5) is 31.8. The average molecular weight is 439 g/mol. The zero-order chi connectivity index (χ0) is 22.7. The Morgan fingerprint density at radius 3 is 2.59 bits per heavy atom. The van der Waals surface area contributed by atoms with Crippen molar-refractivity contribution in [1.29, 1.82) is 0 Å². The molecular weight excluding hydrogens is 404 g/mol. The van der Waals surface area contributed by atoms with Gasteiger partial charge in [0.05, 0.1) is 25.2 Å². The molecule has 32 heavy (non-hydrogen) atoms. The van der Waals surface area contributed by atoms with E-state index >= 15 is 0 Å². The summed E-state index contributed by atoms with van der Waals surface area (Å²) in [5.74, 6) is 0.620. The van der Waals surface area contributed by atoms with Gasteiger partial charge < -0.3 is 19.5 Å². The first kappa shape index (κ1) is 22.5. The summed E-state index contributed by atoms with van der Waals surface area (Å²) in [6.45, 7) is 9.28. The molecule has 7 heteroatoms. The number of benzene rings is 1. The number of rotatable bonds is 6. The molecular formula is C25H34N4O3. The van der Waals surface area contributed by atoms with Crippen molar-refractivity contribution in [2.75, 3.05) is 19.6 Å². The smallest absolute Gasteiger partial charge is 0.274 e. The maximum absolute atomic E-state index is 13.1. The molecule has 7 nitrogen and oxygen atoms in total. The van der Waals surface area contributed by atoms with Crippen LogP contribution in [0.4, 0.5) is 0 Å². The second kappa shape index (κ2) is 9.86. The van der Waals surface area contributed by atoms with Gasteiger partial charge in [-0.1, -0.05) is 43.7 Å². The van der Waals surface area contributed by atoms with E-state index < -0.39 is 0 Å². The van der Waals surface area contributed by atoms with Crippen LogP contribution in [0.3, 0.4) is 0 Å². The molecule has 0 aliphatic carbocycles. The number of fused-ring (bicyclic) bond motifs is 1. The van der Waals surface area contributed by atoms with Gasteiger partial charge in [0.25, 0.3) is 5.91 Å². The summed E-state index contributed by atoms with van der Waals surface area (Å²) < 4.78 is 8.12. The zero-order valence-electron chi connectivity index (χ0n) is 19.3. The summed E-state index contributed by atoms with van der Waals surface area (Å²) >= 11 is 0. The van der Waals surface area contributed by atoms with Crippen LogP contribution >= 0.6 is 0 Å². The van der Waals surface area contributed by atoms with Gasteiger partial charge in [0.15, 0.2) is 5.69 Å². The predicted octanol–water partition coefficient (Wildman–Crippen LogP) is 3.48. The van der Waals surface area contributed by atoms with Gasteiger partial charge in [-0.3, -0.25) is 9.59 Å². The molecule has 3 heterocycles. The molecule has 2 aliphatic rings. The summed E-state index contributed by atoms with van der Waals surface area (Å²) in [5.41, 5.74) is 3.67. The van der Waals surface area contributed by atoms with Crippen LogP contribution in [0.2, 0.25) is 0 Å². The van der Waals surface area contributed by atoms with Crippen molar-refractivity contribution in [2.45, 2.75) is 59.3 Å². The van der Waals surface area contributed by atoms with Gasteiger partial charge >= 0.3 is 0 Å². The summed E-state index contributed by atoms with van der Waals surface area (Å²) in [7, 11) is 0. The fourth-order valence-corrected chi connectivity index (χ4v) is 4.41. The average Bonchev–Trinajstić information content (AvgIpc) is 3.22. The van der Waals surface area contributed by atoms with Crippen LogP contribution < -0.4 is 5.32 Å². The molecule has 0 radical (unpaired) electrons. The number of carbonyl (C=O) groups excluding carboxylic acids is 2. The molecule has 2 aromatic rings. The summed E-state index contributed by atoms with van der Waals surface area (Å²) in [5, 5.41) is 3.04. The van der Waals surface area contributed by atoms with E-state index in [9.17, 15) is 9.59 Å². The number of aryl methyl sites for hydroxylation is 1. The highest BCUT2D eigenvalue weighted by molar-refractivity contribution is 5.93. The number of amides is 2. The molecule has 1 atom stereocenters. The standard InChI is InChI=1S/C25H34N4O3/c1-17(2)8-11-26-24(30)20-9-12-28(13-10-20)25(31)23-21-15-32-22(14-29(21)16-27-23)19-6-4-18(3)5-7-19/h4-7,16-17,20,22H,8-15H2,1-3H3,(H,26,30). The van der Waals surface area contributed by atoms with Crippen molar-refractivity contribution in [2.24, 2.45) is 11.8 Å². The van der Waals surface area contributed by atoms with E-state index in [1.54, 1.807) is 6.33 Å². The van der Waals surface area contributed by atoms with Gasteiger partial charge in [-0.05, 0) is 37.7 Å². The maximum Gasteiger partial charge on any atom is 0.274 e. The van der Waals surface area contributed by atoms with Gasteiger partial charge in [-0.25, -0.2) is 4.98 Å². The van der Waals surface area contributed by atoms with Crippen LogP contribution in [0.15, 0.2) is 30.6 Å². The molecule has 1 fully saturated rings. The molecule has 1 aromatic heterocycles. The normalized spacial score (nSPS) is 19.1. The Labute approximate surface area is 190 Å². The molecule has 1 N–H and O–H groups in total. The molecule has 0 bridgehead atoms. The first-order valence-electron chi connectivity index (χ1n) is 11.7. The lowest BCUT2D eigenvalue weighted by Crippen LogP contribution is -2.43. The summed E-state index contributed by atoms with van der Waals surface area (Å²) in [6, 6.07) is 8.37. The SMILES string of the molecule is Cc1ccc(C2Cn3cnc(C(=O)N4CCC(C(=O)NCCC(C)C)CC4)c3CO2)cc1. The Kier molecular flexibility index (Phi) is 6.94. The van der Waals surface area contributed by atoms with E-state index in [1.807, 2.05) is 9.47 Å². The van der Waals surface area contributed by atoms with Crippen molar-refractivity contribution in [3.8, 4) is 0 Å². The number of ether oxygens (including phenoxy) is 1. The number of nitrogens with one attached hydrogen (secondary N) is 1. The molecule has 1 unspecified atom stereocenters. The minimum absolute atomic E-state index is 0.0132. The second-order valence-corrected chi connectivity index (χ2v) is 9.44. The number of piperidine rings is 1. The lowest BCUT2D eigenvalue weighted by atomic mass is 9.95. The van der Waals surface area contributed by atoms with E-state index in [4.69, 9.17) is 4.74 Å². The molecule has 1 aromatic carbocycles. The van der Waals surface area contributed by atoms with E-state index in [-0.39, 0.29) is 23.8 Å². The lowest BCUT2D eigenvalue weighted by molar-refractivity contribution is -0.126. The van der Waals surface area contributed by atoms with Gasteiger partial charge in [0, 0.05) is 25.6 Å². The maximum atomic E-state index is 13.1. The molecule has 172 valence electrons. The van der Waals surface area contributed by atoms with Crippen molar-refractivity contribution >= 4 is 11.8 Å². The predicted molar refractivity (Wildman–Crippen MR) is 122 cm³/mol. The number of likely N-dealkylation sites (tertiary alicyclic amines) is 1. The van der Waals surface area contributed by atoms with Crippen molar-refractivity contribution in [3.63, 3.8) is 0 Å². The molecule has 1 saturated heterocycles. The van der Waals surface area contributed by atoms with Crippen molar-refractivity contribution in [1.82, 2.24) is 19.8 Å². The van der Waals surface area contributed by atoms with Gasteiger partial charge in [0.2, 0.25) is 5.91 Å². The minimum Gasteiger partial charge on any atom is -0.365 e. The van der Waals surface area contributed by atoms with E-state index in [2.05, 4.69) is 55.3 Å². The monoisotopic (exact) mass is 438 g/mol. The third-order valence-electron chi connectivity index (χ3n) is 6.56. The Balaban J connectivity index is 1.33. The fraction of sp³-hybridized carbons (Fsp3) is 0.560. The van der Waals surface area contributed by atoms with E-state index in [0.717, 1.165) is 24.2 Å². The van der Waals surface area contributed by atoms with Crippen molar-refractivity contribution in [3.05, 3.63) is 53.1 Å². The Morgan fingerprint density at radius 2 is 1.91 bits per heavy atom. The van der Waals surface area contributed by atoms with Gasteiger partial charge in [-0.15, -0.1) is 0 Å². The van der Waals surface area contributed by atoms with Crippen LogP contribution in [0, 0.1) is 18.8 Å². The molecule has 2 amide bonds. The van der Waals surface area contributed by atoms with E-state index in [0.29, 0.717) is 50.7 Å². The highest BCUT2D eigenvalue weighted by Gasteiger charge is 2.32. The first-order valence-corrected chi connectivity index (χ1v) is 11.7. The Morgan fingerprint density at radius 1 is 1.19 bits per heavy atom.